The highest BCUT2D eigenvalue weighted by atomic mass is 14.9. The first-order valence-electron chi connectivity index (χ1n) is 6.04. The van der Waals surface area contributed by atoms with Crippen LogP contribution in [-0.4, -0.2) is 16.1 Å². The third kappa shape index (κ3) is 3.43. The first-order chi connectivity index (χ1) is 8.28. The summed E-state index contributed by atoms with van der Waals surface area (Å²) in [5.41, 5.74) is 3.78. The van der Waals surface area contributed by atoms with Crippen LogP contribution in [0.1, 0.15) is 23.6 Å². The molecule has 90 valence electrons. The molecule has 0 unspecified atom stereocenters. The summed E-state index contributed by atoms with van der Waals surface area (Å²) in [6.45, 7) is 7.03. The van der Waals surface area contributed by atoms with Gasteiger partial charge < -0.3 is 9.88 Å². The zero-order valence-corrected chi connectivity index (χ0v) is 10.5. The van der Waals surface area contributed by atoms with E-state index in [-0.39, 0.29) is 0 Å². The van der Waals surface area contributed by atoms with Crippen molar-refractivity contribution in [2.45, 2.75) is 26.9 Å². The maximum Gasteiger partial charge on any atom is 0.0485 e. The Hall–Kier alpha value is -1.61. The molecule has 17 heavy (non-hydrogen) atoms. The molecule has 0 aliphatic heterocycles. The molecule has 2 aromatic heterocycles. The lowest BCUT2D eigenvalue weighted by Crippen LogP contribution is -2.11. The number of pyridine rings is 1. The van der Waals surface area contributed by atoms with Gasteiger partial charge in [-0.3, -0.25) is 4.98 Å². The third-order valence-electron chi connectivity index (χ3n) is 2.69. The first kappa shape index (κ1) is 11.9. The van der Waals surface area contributed by atoms with Gasteiger partial charge in [0, 0.05) is 37.9 Å². The lowest BCUT2D eigenvalue weighted by atomic mass is 10.2. The number of hydrogen-bond acceptors (Lipinski definition) is 2. The molecule has 2 heterocycles. The van der Waals surface area contributed by atoms with Crippen molar-refractivity contribution in [3.05, 3.63) is 53.6 Å². The van der Waals surface area contributed by atoms with Crippen LogP contribution in [0.15, 0.2) is 36.9 Å². The molecule has 2 rings (SSSR count). The minimum Gasteiger partial charge on any atom is -0.350 e. The maximum absolute atomic E-state index is 4.21. The first-order valence-corrected chi connectivity index (χ1v) is 6.04. The second kappa shape index (κ2) is 5.64. The molecule has 0 radical (unpaired) electrons. The van der Waals surface area contributed by atoms with Crippen molar-refractivity contribution in [2.24, 2.45) is 0 Å². The molecule has 0 bridgehead atoms. The Balaban J connectivity index is 2.01. The van der Waals surface area contributed by atoms with Gasteiger partial charge in [-0.2, -0.15) is 0 Å². The van der Waals surface area contributed by atoms with E-state index in [4.69, 9.17) is 0 Å². The van der Waals surface area contributed by atoms with Gasteiger partial charge in [0.25, 0.3) is 0 Å². The van der Waals surface area contributed by atoms with Crippen LogP contribution in [0, 0.1) is 6.92 Å². The molecular weight excluding hydrogens is 210 g/mol. The van der Waals surface area contributed by atoms with Crippen LogP contribution >= 0.6 is 0 Å². The smallest absolute Gasteiger partial charge is 0.0485 e. The molecule has 0 aliphatic carbocycles. The fourth-order valence-electron chi connectivity index (χ4n) is 1.88. The van der Waals surface area contributed by atoms with E-state index in [1.165, 1.54) is 16.7 Å². The fraction of sp³-hybridized carbons (Fsp3) is 0.357. The molecule has 0 aliphatic rings. The van der Waals surface area contributed by atoms with Crippen molar-refractivity contribution < 1.29 is 0 Å². The van der Waals surface area contributed by atoms with Crippen LogP contribution in [-0.2, 0) is 13.1 Å². The largest absolute Gasteiger partial charge is 0.350 e. The topological polar surface area (TPSA) is 29.9 Å². The molecule has 0 spiro atoms. The summed E-state index contributed by atoms with van der Waals surface area (Å²) >= 11 is 0. The number of nitrogens with zero attached hydrogens (tertiary/aromatic N) is 2. The minimum absolute atomic E-state index is 0.890. The summed E-state index contributed by atoms with van der Waals surface area (Å²) in [5, 5.41) is 3.33. The highest BCUT2D eigenvalue weighted by Gasteiger charge is 1.98. The summed E-state index contributed by atoms with van der Waals surface area (Å²) in [4.78, 5) is 4.21. The Morgan fingerprint density at radius 2 is 2.18 bits per heavy atom. The summed E-state index contributed by atoms with van der Waals surface area (Å²) < 4.78 is 2.20. The van der Waals surface area contributed by atoms with E-state index in [9.17, 15) is 0 Å². The molecule has 2 aromatic rings. The molecule has 1 N–H and O–H groups in total. The highest BCUT2D eigenvalue weighted by Crippen LogP contribution is 2.07. The van der Waals surface area contributed by atoms with E-state index in [0.29, 0.717) is 0 Å². The summed E-state index contributed by atoms with van der Waals surface area (Å²) in [7, 11) is 0. The van der Waals surface area contributed by atoms with Crippen LogP contribution in [0.3, 0.4) is 0 Å². The highest BCUT2D eigenvalue weighted by molar-refractivity contribution is 5.18. The van der Waals surface area contributed by atoms with Crippen LogP contribution in [0.5, 0.6) is 0 Å². The number of aromatic nitrogens is 2. The van der Waals surface area contributed by atoms with E-state index in [1.807, 2.05) is 12.4 Å². The molecule has 0 aromatic carbocycles. The van der Waals surface area contributed by atoms with Gasteiger partial charge in [-0.25, -0.2) is 0 Å². The molecule has 3 nitrogen and oxygen atoms in total. The van der Waals surface area contributed by atoms with Gasteiger partial charge in [-0.15, -0.1) is 0 Å². The van der Waals surface area contributed by atoms with E-state index in [2.05, 4.69) is 53.2 Å². The Bertz CT molecular complexity index is 474. The van der Waals surface area contributed by atoms with Crippen molar-refractivity contribution in [3.8, 4) is 0 Å². The Kier molecular flexibility index (Phi) is 3.94. The van der Waals surface area contributed by atoms with Gasteiger partial charge in [-0.05, 0) is 36.2 Å². The number of rotatable bonds is 5. The maximum atomic E-state index is 4.21. The number of hydrogen-bond donors (Lipinski definition) is 1. The molecule has 0 fully saturated rings. The molecule has 0 amide bonds. The molecule has 0 atom stereocenters. The summed E-state index contributed by atoms with van der Waals surface area (Å²) in [6.07, 6.45) is 8.12. The fourth-order valence-corrected chi connectivity index (χ4v) is 1.88. The van der Waals surface area contributed by atoms with Crippen molar-refractivity contribution >= 4 is 0 Å². The zero-order valence-electron chi connectivity index (χ0n) is 10.5. The average molecular weight is 229 g/mol. The van der Waals surface area contributed by atoms with Crippen LogP contribution in [0.25, 0.3) is 0 Å². The van der Waals surface area contributed by atoms with Gasteiger partial charge in [0.05, 0.1) is 0 Å². The van der Waals surface area contributed by atoms with Crippen LogP contribution in [0.2, 0.25) is 0 Å². The average Bonchev–Trinajstić information content (AvgIpc) is 2.74. The van der Waals surface area contributed by atoms with E-state index in [0.717, 1.165) is 19.6 Å². The van der Waals surface area contributed by atoms with Crippen molar-refractivity contribution in [2.75, 3.05) is 6.54 Å². The SMILES string of the molecule is CCNCc1ccn(Cc2cncc(C)c2)c1. The van der Waals surface area contributed by atoms with Gasteiger partial charge in [-0.1, -0.05) is 13.0 Å². The van der Waals surface area contributed by atoms with E-state index >= 15 is 0 Å². The second-order valence-corrected chi connectivity index (χ2v) is 4.34. The van der Waals surface area contributed by atoms with Gasteiger partial charge in [0.1, 0.15) is 0 Å². The lowest BCUT2D eigenvalue weighted by molar-refractivity contribution is 0.721. The molecule has 0 saturated carbocycles. The minimum atomic E-state index is 0.890. The predicted octanol–water partition coefficient (Wildman–Crippen LogP) is 2.35. The van der Waals surface area contributed by atoms with E-state index in [1.54, 1.807) is 0 Å². The van der Waals surface area contributed by atoms with E-state index < -0.39 is 0 Å². The van der Waals surface area contributed by atoms with Gasteiger partial charge >= 0.3 is 0 Å². The lowest BCUT2D eigenvalue weighted by Gasteiger charge is -2.03. The monoisotopic (exact) mass is 229 g/mol. The Morgan fingerprint density at radius 1 is 1.29 bits per heavy atom. The Morgan fingerprint density at radius 3 is 2.94 bits per heavy atom. The zero-order chi connectivity index (χ0) is 12.1. The van der Waals surface area contributed by atoms with Gasteiger partial charge in [0.2, 0.25) is 0 Å². The molecule has 3 heteroatoms. The van der Waals surface area contributed by atoms with Crippen molar-refractivity contribution in [1.82, 2.24) is 14.9 Å². The van der Waals surface area contributed by atoms with Crippen LogP contribution in [0.4, 0.5) is 0 Å². The van der Waals surface area contributed by atoms with Crippen molar-refractivity contribution in [1.29, 1.82) is 0 Å². The number of aryl methyl sites for hydroxylation is 1. The molecular formula is C14H19N3. The normalized spacial score (nSPS) is 10.7. The standard InChI is InChI=1S/C14H19N3/c1-3-15-8-13-4-5-17(10-13)11-14-6-12(2)7-16-9-14/h4-7,9-10,15H,3,8,11H2,1-2H3. The van der Waals surface area contributed by atoms with Gasteiger partial charge in [0.15, 0.2) is 0 Å². The molecule has 0 saturated heterocycles. The summed E-state index contributed by atoms with van der Waals surface area (Å²) in [5.74, 6) is 0. The predicted molar refractivity (Wildman–Crippen MR) is 69.9 cm³/mol. The quantitative estimate of drug-likeness (QED) is 0.853. The van der Waals surface area contributed by atoms with Crippen LogP contribution < -0.4 is 5.32 Å². The summed E-state index contributed by atoms with van der Waals surface area (Å²) in [6, 6.07) is 4.34. The number of nitrogens with one attached hydrogen (secondary N) is 1. The third-order valence-corrected chi connectivity index (χ3v) is 2.69. The van der Waals surface area contributed by atoms with Crippen molar-refractivity contribution in [3.63, 3.8) is 0 Å². The second-order valence-electron chi connectivity index (χ2n) is 4.34. The Labute approximate surface area is 103 Å².